The summed E-state index contributed by atoms with van der Waals surface area (Å²) >= 11 is 0. The number of methoxy groups -OCH3 is 1. The lowest BCUT2D eigenvalue weighted by Crippen LogP contribution is -2.67. The normalized spacial score (nSPS) is 23.5. The highest BCUT2D eigenvalue weighted by Gasteiger charge is 2.54. The lowest BCUT2D eigenvalue weighted by molar-refractivity contribution is -0.244. The number of cyclic esters (lactones) is 1. The van der Waals surface area contributed by atoms with Crippen LogP contribution in [0.4, 0.5) is 0 Å². The number of hydrogen-bond donors (Lipinski definition) is 0. The van der Waals surface area contributed by atoms with Gasteiger partial charge >= 0.3 is 5.97 Å². The van der Waals surface area contributed by atoms with Crippen molar-refractivity contribution in [1.29, 1.82) is 0 Å². The van der Waals surface area contributed by atoms with Gasteiger partial charge in [0.05, 0.1) is 39.0 Å². The fourth-order valence-corrected chi connectivity index (χ4v) is 12.9. The largest absolute Gasteiger partial charge is 0.457 e. The molecule has 7 atom stereocenters. The molecule has 0 aliphatic carbocycles. The van der Waals surface area contributed by atoms with Gasteiger partial charge in [0.25, 0.3) is 8.32 Å². The van der Waals surface area contributed by atoms with Crippen LogP contribution in [-0.2, 0) is 57.5 Å². The standard InChI is InChI=1S/C50H56O8Si/c1-50(2,3)59(41-26-16-8-17-27-41,42-28-18-9-19-29-42)56-35-40-30-31-43(49(52-4)57-40)45-47(55-34-39-24-14-7-15-25-39)46(54-33-38-22-12-6-13-23-38)44(58-48(45)51)36-53-32-37-20-10-5-11-21-37/h5-31,40,43-47,49H,32-36H2,1-4H3/t40?,43-,44-,45-,46?,47?,49+/m1/s1. The minimum atomic E-state index is -2.84. The molecule has 9 heteroatoms. The molecule has 308 valence electrons. The van der Waals surface area contributed by atoms with Crippen molar-refractivity contribution >= 4 is 24.7 Å². The van der Waals surface area contributed by atoms with Crippen molar-refractivity contribution in [2.45, 2.75) is 76.3 Å². The highest BCUT2D eigenvalue weighted by molar-refractivity contribution is 6.99. The van der Waals surface area contributed by atoms with E-state index in [1.807, 2.05) is 115 Å². The molecular formula is C50H56O8Si. The Morgan fingerprint density at radius 3 is 1.56 bits per heavy atom. The average Bonchev–Trinajstić information content (AvgIpc) is 3.27. The van der Waals surface area contributed by atoms with Crippen molar-refractivity contribution in [3.8, 4) is 0 Å². The van der Waals surface area contributed by atoms with E-state index < -0.39 is 56.8 Å². The molecule has 2 heterocycles. The van der Waals surface area contributed by atoms with E-state index in [1.165, 1.54) is 10.4 Å². The highest BCUT2D eigenvalue weighted by atomic mass is 28.4. The van der Waals surface area contributed by atoms with Crippen molar-refractivity contribution in [2.24, 2.45) is 11.8 Å². The molecule has 3 unspecified atom stereocenters. The average molecular weight is 813 g/mol. The van der Waals surface area contributed by atoms with Gasteiger partial charge in [-0.25, -0.2) is 0 Å². The Labute approximate surface area is 350 Å². The minimum Gasteiger partial charge on any atom is -0.457 e. The molecule has 2 aliphatic rings. The molecular weight excluding hydrogens is 757 g/mol. The third-order valence-electron chi connectivity index (χ3n) is 11.2. The molecule has 0 spiro atoms. The van der Waals surface area contributed by atoms with Crippen LogP contribution in [0.1, 0.15) is 37.5 Å². The third kappa shape index (κ3) is 10.2. The first kappa shape index (κ1) is 42.4. The van der Waals surface area contributed by atoms with E-state index in [9.17, 15) is 4.79 Å². The van der Waals surface area contributed by atoms with Crippen LogP contribution in [0.25, 0.3) is 0 Å². The monoisotopic (exact) mass is 812 g/mol. The zero-order valence-electron chi connectivity index (χ0n) is 34.4. The lowest BCUT2D eigenvalue weighted by atomic mass is 9.80. The van der Waals surface area contributed by atoms with Crippen molar-refractivity contribution in [2.75, 3.05) is 20.3 Å². The zero-order chi connectivity index (χ0) is 41.1. The van der Waals surface area contributed by atoms with Crippen LogP contribution in [-0.4, -0.2) is 65.3 Å². The second kappa shape index (κ2) is 20.0. The maximum atomic E-state index is 14.4. The number of carbonyl (C=O) groups excluding carboxylic acids is 1. The van der Waals surface area contributed by atoms with E-state index in [4.69, 9.17) is 32.8 Å². The minimum absolute atomic E-state index is 0.129. The van der Waals surface area contributed by atoms with Crippen LogP contribution in [0.15, 0.2) is 164 Å². The first-order valence-corrected chi connectivity index (χ1v) is 22.4. The Morgan fingerprint density at radius 1 is 0.593 bits per heavy atom. The van der Waals surface area contributed by atoms with Crippen LogP contribution in [0.5, 0.6) is 0 Å². The van der Waals surface area contributed by atoms with E-state index >= 15 is 0 Å². The van der Waals surface area contributed by atoms with Crippen molar-refractivity contribution in [3.63, 3.8) is 0 Å². The summed E-state index contributed by atoms with van der Waals surface area (Å²) in [5.41, 5.74) is 2.99. The van der Waals surface area contributed by atoms with Gasteiger partial charge in [0, 0.05) is 13.0 Å². The number of benzene rings is 5. The molecule has 5 aromatic rings. The van der Waals surface area contributed by atoms with Gasteiger partial charge < -0.3 is 32.8 Å². The van der Waals surface area contributed by atoms with Crippen molar-refractivity contribution < 1.29 is 37.6 Å². The van der Waals surface area contributed by atoms with Crippen LogP contribution in [0, 0.1) is 11.8 Å². The van der Waals surface area contributed by atoms with Gasteiger partial charge in [-0.05, 0) is 32.1 Å². The summed E-state index contributed by atoms with van der Waals surface area (Å²) in [5, 5.41) is 2.17. The molecule has 0 radical (unpaired) electrons. The number of esters is 1. The molecule has 2 aliphatic heterocycles. The summed E-state index contributed by atoms with van der Waals surface area (Å²) in [6.07, 6.45) is 0.649. The van der Waals surface area contributed by atoms with Crippen LogP contribution in [0.2, 0.25) is 5.04 Å². The Bertz CT molecular complexity index is 2000. The molecule has 59 heavy (non-hydrogen) atoms. The Hall–Kier alpha value is -4.71. The quantitative estimate of drug-likeness (QED) is 0.0531. The molecule has 0 bridgehead atoms. The molecule has 1 saturated heterocycles. The van der Waals surface area contributed by atoms with E-state index in [0.29, 0.717) is 19.8 Å². The SMILES string of the molecule is CO[C@H]1OC(CO[Si](c2ccccc2)(c2ccccc2)C(C)(C)C)C=C[C@@H]1[C@H]1C(=O)O[C@H](COCc2ccccc2)C(OCc2ccccc2)C1OCc1ccccc1. The number of hydrogen-bond acceptors (Lipinski definition) is 8. The Morgan fingerprint density at radius 2 is 1.07 bits per heavy atom. The molecule has 0 amide bonds. The van der Waals surface area contributed by atoms with Crippen LogP contribution >= 0.6 is 0 Å². The maximum absolute atomic E-state index is 14.4. The summed E-state index contributed by atoms with van der Waals surface area (Å²) in [7, 11) is -1.24. The number of ether oxygens (including phenoxy) is 6. The Balaban J connectivity index is 1.17. The summed E-state index contributed by atoms with van der Waals surface area (Å²) < 4.78 is 46.0. The van der Waals surface area contributed by atoms with Gasteiger partial charge in [-0.1, -0.05) is 185 Å². The number of rotatable bonds is 17. The van der Waals surface area contributed by atoms with Gasteiger partial charge in [0.1, 0.15) is 18.3 Å². The molecule has 0 aromatic heterocycles. The molecule has 0 saturated carbocycles. The summed E-state index contributed by atoms with van der Waals surface area (Å²) in [6, 6.07) is 50.9. The predicted octanol–water partition coefficient (Wildman–Crippen LogP) is 8.04. The van der Waals surface area contributed by atoms with Crippen molar-refractivity contribution in [1.82, 2.24) is 0 Å². The van der Waals surface area contributed by atoms with Crippen LogP contribution in [0.3, 0.4) is 0 Å². The highest BCUT2D eigenvalue weighted by Crippen LogP contribution is 2.40. The summed E-state index contributed by atoms with van der Waals surface area (Å²) in [5.74, 6) is -1.78. The van der Waals surface area contributed by atoms with Crippen molar-refractivity contribution in [3.05, 3.63) is 181 Å². The molecule has 5 aromatic carbocycles. The van der Waals surface area contributed by atoms with E-state index in [0.717, 1.165) is 16.7 Å². The van der Waals surface area contributed by atoms with E-state index in [2.05, 4.69) is 69.3 Å². The van der Waals surface area contributed by atoms with Gasteiger partial charge in [-0.15, -0.1) is 0 Å². The smallest absolute Gasteiger partial charge is 0.312 e. The van der Waals surface area contributed by atoms with Crippen LogP contribution < -0.4 is 10.4 Å². The second-order valence-corrected chi connectivity index (χ2v) is 20.5. The maximum Gasteiger partial charge on any atom is 0.312 e. The lowest BCUT2D eigenvalue weighted by Gasteiger charge is -2.46. The van der Waals surface area contributed by atoms with Gasteiger partial charge in [-0.3, -0.25) is 4.79 Å². The number of carbonyl (C=O) groups is 1. The topological polar surface area (TPSA) is 81.7 Å². The Kier molecular flexibility index (Phi) is 14.4. The first-order chi connectivity index (χ1) is 28.8. The fourth-order valence-electron chi connectivity index (χ4n) is 8.37. The molecule has 8 nitrogen and oxygen atoms in total. The first-order valence-electron chi connectivity index (χ1n) is 20.5. The second-order valence-electron chi connectivity index (χ2n) is 16.2. The molecule has 0 N–H and O–H groups in total. The van der Waals surface area contributed by atoms with Gasteiger partial charge in [0.15, 0.2) is 12.4 Å². The zero-order valence-corrected chi connectivity index (χ0v) is 35.4. The summed E-state index contributed by atoms with van der Waals surface area (Å²) in [4.78, 5) is 14.4. The predicted molar refractivity (Wildman–Crippen MR) is 231 cm³/mol. The molecule has 1 fully saturated rings. The van der Waals surface area contributed by atoms with E-state index in [1.54, 1.807) is 7.11 Å². The third-order valence-corrected chi connectivity index (χ3v) is 16.3. The fraction of sp³-hybridized carbons (Fsp3) is 0.340. The summed E-state index contributed by atoms with van der Waals surface area (Å²) in [6.45, 7) is 8.11. The van der Waals surface area contributed by atoms with Gasteiger partial charge in [0.2, 0.25) is 0 Å². The van der Waals surface area contributed by atoms with E-state index in [-0.39, 0.29) is 18.3 Å². The molecule has 7 rings (SSSR count). The van der Waals surface area contributed by atoms with Gasteiger partial charge in [-0.2, -0.15) is 0 Å².